The molecule has 1 fully saturated rings. The Hall–Kier alpha value is -0.860. The van der Waals surface area contributed by atoms with Crippen molar-refractivity contribution in [3.05, 3.63) is 35.4 Å². The Balaban J connectivity index is 2.25. The molecule has 0 amide bonds. The second-order valence-electron chi connectivity index (χ2n) is 4.29. The number of benzene rings is 1. The molecule has 2 nitrogen and oxygen atoms in total. The molecule has 1 aromatic rings. The van der Waals surface area contributed by atoms with Gasteiger partial charge in [-0.3, -0.25) is 4.90 Å². The summed E-state index contributed by atoms with van der Waals surface area (Å²) in [7, 11) is 2.15. The molecular formula is C12H18N2. The molecule has 76 valence electrons. The van der Waals surface area contributed by atoms with Crippen molar-refractivity contribution in [2.45, 2.75) is 25.4 Å². The molecule has 1 aliphatic heterocycles. The lowest BCUT2D eigenvalue weighted by Crippen LogP contribution is -2.29. The summed E-state index contributed by atoms with van der Waals surface area (Å²) in [5, 5.41) is 0. The van der Waals surface area contributed by atoms with Crippen LogP contribution in [0.4, 0.5) is 0 Å². The zero-order chi connectivity index (χ0) is 10.1. The minimum Gasteiger partial charge on any atom is -0.326 e. The van der Waals surface area contributed by atoms with Crippen molar-refractivity contribution in [2.24, 2.45) is 5.73 Å². The van der Waals surface area contributed by atoms with Crippen LogP contribution in [0.1, 0.15) is 23.6 Å². The van der Waals surface area contributed by atoms with E-state index in [1.165, 1.54) is 11.1 Å². The predicted molar refractivity (Wildman–Crippen MR) is 59.1 cm³/mol. The standard InChI is InChI=1S/C12H18N2/c1-9-3-5-10(6-4-9)12-11(13)7-8-14(12)2/h3-6,11-12H,7-8,13H2,1-2H3. The highest BCUT2D eigenvalue weighted by Crippen LogP contribution is 2.29. The lowest BCUT2D eigenvalue weighted by atomic mass is 10.00. The number of hydrogen-bond donors (Lipinski definition) is 1. The molecule has 0 aromatic heterocycles. The first-order valence-electron chi connectivity index (χ1n) is 5.21. The van der Waals surface area contributed by atoms with Gasteiger partial charge in [0.1, 0.15) is 0 Å². The van der Waals surface area contributed by atoms with Gasteiger partial charge in [-0.1, -0.05) is 29.8 Å². The molecule has 2 atom stereocenters. The zero-order valence-electron chi connectivity index (χ0n) is 8.90. The van der Waals surface area contributed by atoms with Gasteiger partial charge in [0, 0.05) is 18.6 Å². The molecule has 14 heavy (non-hydrogen) atoms. The zero-order valence-corrected chi connectivity index (χ0v) is 8.90. The van der Waals surface area contributed by atoms with Crippen molar-refractivity contribution < 1.29 is 0 Å². The molecule has 1 aromatic carbocycles. The third-order valence-electron chi connectivity index (χ3n) is 3.11. The molecule has 0 saturated carbocycles. The summed E-state index contributed by atoms with van der Waals surface area (Å²) in [4.78, 5) is 2.34. The van der Waals surface area contributed by atoms with E-state index in [-0.39, 0.29) is 0 Å². The minimum atomic E-state index is 0.294. The van der Waals surface area contributed by atoms with Crippen molar-refractivity contribution >= 4 is 0 Å². The van der Waals surface area contributed by atoms with Gasteiger partial charge in [0.2, 0.25) is 0 Å². The van der Waals surface area contributed by atoms with E-state index in [2.05, 4.69) is 43.1 Å². The Labute approximate surface area is 85.7 Å². The molecule has 0 bridgehead atoms. The molecular weight excluding hydrogens is 172 g/mol. The van der Waals surface area contributed by atoms with Crippen molar-refractivity contribution in [1.82, 2.24) is 4.90 Å². The number of nitrogens with two attached hydrogens (primary N) is 1. The van der Waals surface area contributed by atoms with Gasteiger partial charge >= 0.3 is 0 Å². The molecule has 2 unspecified atom stereocenters. The van der Waals surface area contributed by atoms with Gasteiger partial charge < -0.3 is 5.73 Å². The lowest BCUT2D eigenvalue weighted by molar-refractivity contribution is 0.304. The van der Waals surface area contributed by atoms with Gasteiger partial charge in [0.15, 0.2) is 0 Å². The first-order chi connectivity index (χ1) is 6.68. The van der Waals surface area contributed by atoms with E-state index in [1.54, 1.807) is 0 Å². The van der Waals surface area contributed by atoms with Crippen LogP contribution in [0.5, 0.6) is 0 Å². The molecule has 1 saturated heterocycles. The fourth-order valence-electron chi connectivity index (χ4n) is 2.24. The van der Waals surface area contributed by atoms with Gasteiger partial charge in [0.05, 0.1) is 0 Å². The van der Waals surface area contributed by atoms with Gasteiger partial charge in [-0.2, -0.15) is 0 Å². The van der Waals surface area contributed by atoms with Gasteiger partial charge in [0.25, 0.3) is 0 Å². The van der Waals surface area contributed by atoms with Crippen LogP contribution >= 0.6 is 0 Å². The van der Waals surface area contributed by atoms with E-state index in [1.807, 2.05) is 0 Å². The van der Waals surface area contributed by atoms with E-state index in [0.717, 1.165) is 13.0 Å². The summed E-state index contributed by atoms with van der Waals surface area (Å²) in [6.07, 6.45) is 1.11. The van der Waals surface area contributed by atoms with Gasteiger partial charge in [-0.25, -0.2) is 0 Å². The number of rotatable bonds is 1. The van der Waals surface area contributed by atoms with Crippen LogP contribution in [0.15, 0.2) is 24.3 Å². The van der Waals surface area contributed by atoms with E-state index in [4.69, 9.17) is 5.73 Å². The summed E-state index contributed by atoms with van der Waals surface area (Å²) in [5.74, 6) is 0. The molecule has 2 rings (SSSR count). The summed E-state index contributed by atoms with van der Waals surface area (Å²) in [6, 6.07) is 9.42. The number of hydrogen-bond acceptors (Lipinski definition) is 2. The average molecular weight is 190 g/mol. The van der Waals surface area contributed by atoms with Gasteiger partial charge in [-0.05, 0) is 26.0 Å². The highest BCUT2D eigenvalue weighted by Gasteiger charge is 2.29. The maximum absolute atomic E-state index is 6.10. The third kappa shape index (κ3) is 1.68. The molecule has 2 N–H and O–H groups in total. The average Bonchev–Trinajstić information content (AvgIpc) is 2.49. The smallest absolute Gasteiger partial charge is 0.0496 e. The van der Waals surface area contributed by atoms with Crippen molar-refractivity contribution in [3.8, 4) is 0 Å². The number of likely N-dealkylation sites (tertiary alicyclic amines) is 1. The van der Waals surface area contributed by atoms with E-state index in [9.17, 15) is 0 Å². The van der Waals surface area contributed by atoms with Crippen molar-refractivity contribution in [3.63, 3.8) is 0 Å². The van der Waals surface area contributed by atoms with Crippen LogP contribution in [0.25, 0.3) is 0 Å². The molecule has 0 aliphatic carbocycles. The molecule has 1 heterocycles. The van der Waals surface area contributed by atoms with Crippen molar-refractivity contribution in [2.75, 3.05) is 13.6 Å². The third-order valence-corrected chi connectivity index (χ3v) is 3.11. The number of likely N-dealkylation sites (N-methyl/N-ethyl adjacent to an activating group) is 1. The van der Waals surface area contributed by atoms with Crippen LogP contribution < -0.4 is 5.73 Å². The summed E-state index contributed by atoms with van der Waals surface area (Å²) < 4.78 is 0. The normalized spacial score (nSPS) is 28.2. The molecule has 1 aliphatic rings. The summed E-state index contributed by atoms with van der Waals surface area (Å²) >= 11 is 0. The molecule has 0 radical (unpaired) electrons. The molecule has 0 spiro atoms. The first-order valence-corrected chi connectivity index (χ1v) is 5.21. The number of nitrogens with zero attached hydrogens (tertiary/aromatic N) is 1. The lowest BCUT2D eigenvalue weighted by Gasteiger charge is -2.23. The van der Waals surface area contributed by atoms with Crippen molar-refractivity contribution in [1.29, 1.82) is 0 Å². The monoisotopic (exact) mass is 190 g/mol. The van der Waals surface area contributed by atoms with E-state index in [0.29, 0.717) is 12.1 Å². The SMILES string of the molecule is Cc1ccc(C2C(N)CCN2C)cc1. The Kier molecular flexibility index (Phi) is 2.57. The topological polar surface area (TPSA) is 29.3 Å². The quantitative estimate of drug-likeness (QED) is 0.730. The molecule has 2 heteroatoms. The first kappa shape index (κ1) is 9.69. The Bertz CT molecular complexity index is 295. The fourth-order valence-corrected chi connectivity index (χ4v) is 2.24. The summed E-state index contributed by atoms with van der Waals surface area (Å²) in [5.41, 5.74) is 8.76. The number of aryl methyl sites for hydroxylation is 1. The Morgan fingerprint density at radius 1 is 1.29 bits per heavy atom. The highest BCUT2D eigenvalue weighted by atomic mass is 15.2. The van der Waals surface area contributed by atoms with E-state index < -0.39 is 0 Å². The fraction of sp³-hybridized carbons (Fsp3) is 0.500. The van der Waals surface area contributed by atoms with Crippen LogP contribution in [0.3, 0.4) is 0 Å². The highest BCUT2D eigenvalue weighted by molar-refractivity contribution is 5.26. The Morgan fingerprint density at radius 2 is 1.93 bits per heavy atom. The van der Waals surface area contributed by atoms with Crippen LogP contribution in [0, 0.1) is 6.92 Å². The maximum Gasteiger partial charge on any atom is 0.0496 e. The van der Waals surface area contributed by atoms with Crippen LogP contribution in [-0.4, -0.2) is 24.5 Å². The van der Waals surface area contributed by atoms with E-state index >= 15 is 0 Å². The van der Waals surface area contributed by atoms with Gasteiger partial charge in [-0.15, -0.1) is 0 Å². The largest absolute Gasteiger partial charge is 0.326 e. The Morgan fingerprint density at radius 3 is 2.43 bits per heavy atom. The second-order valence-corrected chi connectivity index (χ2v) is 4.29. The summed E-state index contributed by atoms with van der Waals surface area (Å²) in [6.45, 7) is 3.22. The van der Waals surface area contributed by atoms with Crippen LogP contribution in [0.2, 0.25) is 0 Å². The van der Waals surface area contributed by atoms with Crippen LogP contribution in [-0.2, 0) is 0 Å². The second kappa shape index (κ2) is 3.71. The maximum atomic E-state index is 6.10. The minimum absolute atomic E-state index is 0.294. The predicted octanol–water partition coefficient (Wildman–Crippen LogP) is 1.70.